The number of rotatable bonds is 7. The Kier molecular flexibility index (Phi) is 6.49. The minimum absolute atomic E-state index is 0.0690. The van der Waals surface area contributed by atoms with Crippen molar-refractivity contribution in [1.82, 2.24) is 10.6 Å². The van der Waals surface area contributed by atoms with E-state index in [9.17, 15) is 9.59 Å². The van der Waals surface area contributed by atoms with Crippen LogP contribution in [-0.2, 0) is 4.74 Å². The summed E-state index contributed by atoms with van der Waals surface area (Å²) in [5.41, 5.74) is 0.916. The zero-order valence-electron chi connectivity index (χ0n) is 16.4. The summed E-state index contributed by atoms with van der Waals surface area (Å²) in [6.45, 7) is 2.96. The van der Waals surface area contributed by atoms with Crippen LogP contribution in [0.1, 0.15) is 33.8 Å². The number of piperidine rings is 1. The Hall–Kier alpha value is -2.64. The first-order valence-electron chi connectivity index (χ1n) is 9.45. The molecule has 2 amide bonds. The van der Waals surface area contributed by atoms with Gasteiger partial charge in [-0.2, -0.15) is 0 Å². The molecule has 7 nitrogen and oxygen atoms in total. The van der Waals surface area contributed by atoms with Gasteiger partial charge in [-0.3, -0.25) is 9.59 Å². The SMILES string of the molecule is COCC1(CNC(=O)c2ccccc2N(C)C(=O)c2ccco2)CCNCC1. The van der Waals surface area contributed by atoms with Gasteiger partial charge >= 0.3 is 0 Å². The standard InChI is InChI=1S/C21H27N3O4/c1-24(20(26)18-8-5-13-28-18)17-7-4-3-6-16(17)19(25)23-14-21(15-27-2)9-11-22-12-10-21/h3-8,13,22H,9-12,14-15H2,1-2H3,(H,23,25). The molecule has 2 N–H and O–H groups in total. The molecule has 150 valence electrons. The number of carbonyl (C=O) groups is 2. The molecule has 3 rings (SSSR count). The summed E-state index contributed by atoms with van der Waals surface area (Å²) in [7, 11) is 3.33. The number of furan rings is 1. The maximum Gasteiger partial charge on any atom is 0.293 e. The van der Waals surface area contributed by atoms with Crippen LogP contribution < -0.4 is 15.5 Å². The third kappa shape index (κ3) is 4.43. The van der Waals surface area contributed by atoms with Gasteiger partial charge in [0.25, 0.3) is 11.8 Å². The van der Waals surface area contributed by atoms with Crippen LogP contribution in [0.2, 0.25) is 0 Å². The number of ether oxygens (including phenoxy) is 1. The molecule has 1 fully saturated rings. The predicted molar refractivity (Wildman–Crippen MR) is 107 cm³/mol. The summed E-state index contributed by atoms with van der Waals surface area (Å²) in [6, 6.07) is 10.3. The largest absolute Gasteiger partial charge is 0.459 e. The number of carbonyl (C=O) groups excluding carboxylic acids is 2. The second kappa shape index (κ2) is 9.03. The molecular weight excluding hydrogens is 358 g/mol. The first-order valence-corrected chi connectivity index (χ1v) is 9.45. The molecular formula is C21H27N3O4. The highest BCUT2D eigenvalue weighted by atomic mass is 16.5. The lowest BCUT2D eigenvalue weighted by molar-refractivity contribution is 0.0512. The number of nitrogens with zero attached hydrogens (tertiary/aromatic N) is 1. The molecule has 0 bridgehead atoms. The van der Waals surface area contributed by atoms with Crippen LogP contribution in [0.3, 0.4) is 0 Å². The Bertz CT molecular complexity index is 792. The topological polar surface area (TPSA) is 83.8 Å². The molecule has 2 aromatic rings. The van der Waals surface area contributed by atoms with Crippen molar-refractivity contribution in [3.05, 3.63) is 54.0 Å². The molecule has 0 unspecified atom stereocenters. The van der Waals surface area contributed by atoms with Gasteiger partial charge < -0.3 is 24.7 Å². The minimum Gasteiger partial charge on any atom is -0.459 e. The molecule has 0 spiro atoms. The summed E-state index contributed by atoms with van der Waals surface area (Å²) >= 11 is 0. The first-order chi connectivity index (χ1) is 13.6. The van der Waals surface area contributed by atoms with Gasteiger partial charge in [0.1, 0.15) is 0 Å². The lowest BCUT2D eigenvalue weighted by Gasteiger charge is -2.37. The first kappa shape index (κ1) is 20.1. The third-order valence-electron chi connectivity index (χ3n) is 5.29. The monoisotopic (exact) mass is 385 g/mol. The van der Waals surface area contributed by atoms with E-state index in [4.69, 9.17) is 9.15 Å². The fourth-order valence-electron chi connectivity index (χ4n) is 3.63. The molecule has 1 aliphatic heterocycles. The minimum atomic E-state index is -0.306. The zero-order chi connectivity index (χ0) is 20.0. The Morgan fingerprint density at radius 1 is 1.21 bits per heavy atom. The highest BCUT2D eigenvalue weighted by Crippen LogP contribution is 2.29. The highest BCUT2D eigenvalue weighted by molar-refractivity contribution is 6.09. The second-order valence-corrected chi connectivity index (χ2v) is 7.22. The van der Waals surface area contributed by atoms with Gasteiger partial charge in [0.05, 0.1) is 24.1 Å². The number of amides is 2. The number of hydrogen-bond acceptors (Lipinski definition) is 5. The van der Waals surface area contributed by atoms with Crippen LogP contribution in [0.4, 0.5) is 5.69 Å². The normalized spacial score (nSPS) is 15.8. The van der Waals surface area contributed by atoms with Gasteiger partial charge in [-0.25, -0.2) is 0 Å². The van der Waals surface area contributed by atoms with Crippen molar-refractivity contribution < 1.29 is 18.7 Å². The van der Waals surface area contributed by atoms with Crippen LogP contribution in [0.5, 0.6) is 0 Å². The van der Waals surface area contributed by atoms with E-state index >= 15 is 0 Å². The fourth-order valence-corrected chi connectivity index (χ4v) is 3.63. The van der Waals surface area contributed by atoms with E-state index in [1.165, 1.54) is 11.2 Å². The fraction of sp³-hybridized carbons (Fsp3) is 0.429. The van der Waals surface area contributed by atoms with Crippen LogP contribution in [0, 0.1) is 5.41 Å². The van der Waals surface area contributed by atoms with E-state index < -0.39 is 0 Å². The van der Waals surface area contributed by atoms with E-state index in [0.717, 1.165) is 25.9 Å². The summed E-state index contributed by atoms with van der Waals surface area (Å²) in [6.07, 6.45) is 3.34. The van der Waals surface area contributed by atoms with E-state index in [-0.39, 0.29) is 23.0 Å². The molecule has 0 radical (unpaired) electrons. The van der Waals surface area contributed by atoms with Gasteiger partial charge in [-0.15, -0.1) is 0 Å². The average Bonchev–Trinajstić information content (AvgIpc) is 3.27. The third-order valence-corrected chi connectivity index (χ3v) is 5.29. The van der Waals surface area contributed by atoms with E-state index in [2.05, 4.69) is 10.6 Å². The van der Waals surface area contributed by atoms with Gasteiger partial charge in [0.15, 0.2) is 5.76 Å². The predicted octanol–water partition coefficient (Wildman–Crippen LogP) is 2.30. The number of nitrogens with one attached hydrogen (secondary N) is 2. The number of methoxy groups -OCH3 is 1. The summed E-state index contributed by atoms with van der Waals surface area (Å²) in [4.78, 5) is 27.0. The molecule has 1 aromatic carbocycles. The van der Waals surface area contributed by atoms with Gasteiger partial charge in [0.2, 0.25) is 0 Å². The van der Waals surface area contributed by atoms with Crippen molar-refractivity contribution in [3.8, 4) is 0 Å². The number of hydrogen-bond donors (Lipinski definition) is 2. The number of benzene rings is 1. The number of anilines is 1. The lowest BCUT2D eigenvalue weighted by atomic mass is 9.79. The zero-order valence-corrected chi connectivity index (χ0v) is 16.4. The molecule has 1 saturated heterocycles. The Morgan fingerprint density at radius 3 is 2.64 bits per heavy atom. The van der Waals surface area contributed by atoms with E-state index in [1.54, 1.807) is 50.6 Å². The highest BCUT2D eigenvalue weighted by Gasteiger charge is 2.33. The van der Waals surface area contributed by atoms with Gasteiger partial charge in [-0.1, -0.05) is 12.1 Å². The quantitative estimate of drug-likeness (QED) is 0.764. The van der Waals surface area contributed by atoms with Crippen LogP contribution >= 0.6 is 0 Å². The Labute approximate surface area is 165 Å². The molecule has 7 heteroatoms. The van der Waals surface area contributed by atoms with Crippen molar-refractivity contribution in [2.45, 2.75) is 12.8 Å². The van der Waals surface area contributed by atoms with Crippen molar-refractivity contribution >= 4 is 17.5 Å². The molecule has 28 heavy (non-hydrogen) atoms. The van der Waals surface area contributed by atoms with Crippen molar-refractivity contribution in [2.24, 2.45) is 5.41 Å². The van der Waals surface area contributed by atoms with Crippen molar-refractivity contribution in [2.75, 3.05) is 45.3 Å². The van der Waals surface area contributed by atoms with Crippen LogP contribution in [-0.4, -0.2) is 52.2 Å². The molecule has 1 aliphatic rings. The van der Waals surface area contributed by atoms with E-state index in [1.807, 2.05) is 0 Å². The van der Waals surface area contributed by atoms with Gasteiger partial charge in [-0.05, 0) is 50.2 Å². The summed E-state index contributed by atoms with van der Waals surface area (Å²) in [5, 5.41) is 6.40. The Morgan fingerprint density at radius 2 is 1.96 bits per heavy atom. The average molecular weight is 385 g/mol. The number of para-hydroxylation sites is 1. The van der Waals surface area contributed by atoms with Gasteiger partial charge in [0, 0.05) is 26.1 Å². The van der Waals surface area contributed by atoms with Crippen LogP contribution in [0.25, 0.3) is 0 Å². The van der Waals surface area contributed by atoms with Crippen molar-refractivity contribution in [1.29, 1.82) is 0 Å². The molecule has 0 aliphatic carbocycles. The maximum atomic E-state index is 12.9. The van der Waals surface area contributed by atoms with Crippen molar-refractivity contribution in [3.63, 3.8) is 0 Å². The molecule has 1 aromatic heterocycles. The summed E-state index contributed by atoms with van der Waals surface area (Å²) in [5.74, 6) is -0.283. The smallest absolute Gasteiger partial charge is 0.293 e. The molecule has 2 heterocycles. The molecule has 0 atom stereocenters. The Balaban J connectivity index is 1.74. The maximum absolute atomic E-state index is 12.9. The molecule has 0 saturated carbocycles. The summed E-state index contributed by atoms with van der Waals surface area (Å²) < 4.78 is 10.6. The van der Waals surface area contributed by atoms with Crippen LogP contribution in [0.15, 0.2) is 47.1 Å². The van der Waals surface area contributed by atoms with E-state index in [0.29, 0.717) is 24.4 Å². The lowest BCUT2D eigenvalue weighted by Crippen LogP contribution is -2.47. The second-order valence-electron chi connectivity index (χ2n) is 7.22.